The van der Waals surface area contributed by atoms with Crippen molar-refractivity contribution in [2.24, 2.45) is 11.7 Å². The Balaban J connectivity index is 1.90. The van der Waals surface area contributed by atoms with Crippen molar-refractivity contribution in [2.75, 3.05) is 0 Å². The Morgan fingerprint density at radius 1 is 1.03 bits per heavy atom. The molecule has 6 N–H and O–H groups in total. The van der Waals surface area contributed by atoms with Crippen molar-refractivity contribution in [1.82, 2.24) is 40.2 Å². The number of aromatic nitrogens is 6. The highest BCUT2D eigenvalue weighted by molar-refractivity contribution is 6.04. The highest BCUT2D eigenvalue weighted by Crippen LogP contribution is 2.08. The number of hydrogen-bond donors (Lipinski definition) is 4. The van der Waals surface area contributed by atoms with Crippen LogP contribution in [0, 0.1) is 13.8 Å². The maximum Gasteiger partial charge on any atom is 0.350 e. The predicted molar refractivity (Wildman–Crippen MR) is 101 cm³/mol. The molecule has 2 heterocycles. The largest absolute Gasteiger partial charge is 0.350 e. The molecule has 0 radical (unpaired) electrons. The van der Waals surface area contributed by atoms with Crippen LogP contribution in [0.5, 0.6) is 0 Å². The molecule has 0 spiro atoms. The van der Waals surface area contributed by atoms with Crippen LogP contribution < -0.4 is 28.2 Å². The van der Waals surface area contributed by atoms with Crippen molar-refractivity contribution >= 4 is 11.8 Å². The molecular formula is C16H20N10O3. The second-order valence-electron chi connectivity index (χ2n) is 6.19. The number of rotatable bonds is 6. The fourth-order valence-electron chi connectivity index (χ4n) is 2.78. The van der Waals surface area contributed by atoms with E-state index < -0.39 is 11.8 Å². The zero-order chi connectivity index (χ0) is 21.1. The Bertz CT molecular complexity index is 1110. The van der Waals surface area contributed by atoms with Gasteiger partial charge in [0.25, 0.3) is 11.8 Å². The van der Waals surface area contributed by atoms with Crippen LogP contribution in [0.2, 0.25) is 0 Å². The number of aryl methyl sites for hydroxylation is 3. The second-order valence-corrected chi connectivity index (χ2v) is 6.19. The topological polar surface area (TPSA) is 181 Å². The maximum atomic E-state index is 12.8. The third-order valence-electron chi connectivity index (χ3n) is 4.29. The van der Waals surface area contributed by atoms with Crippen molar-refractivity contribution in [3.05, 3.63) is 57.5 Å². The Labute approximate surface area is 164 Å². The molecule has 1 aromatic carbocycles. The molecule has 0 aliphatic rings. The molecule has 152 valence electrons. The fourth-order valence-corrected chi connectivity index (χ4v) is 2.78. The first kappa shape index (κ1) is 19.9. The van der Waals surface area contributed by atoms with Gasteiger partial charge in [-0.1, -0.05) is 22.9 Å². The third kappa shape index (κ3) is 3.76. The van der Waals surface area contributed by atoms with Gasteiger partial charge in [-0.15, -0.1) is 5.10 Å². The van der Waals surface area contributed by atoms with Gasteiger partial charge in [0.2, 0.25) is 0 Å². The van der Waals surface area contributed by atoms with Crippen molar-refractivity contribution in [3.8, 4) is 5.69 Å². The summed E-state index contributed by atoms with van der Waals surface area (Å²) in [5.41, 5.74) is 4.71. The molecule has 0 unspecified atom stereocenters. The van der Waals surface area contributed by atoms with E-state index in [1.54, 1.807) is 19.1 Å². The molecule has 0 atom stereocenters. The molecule has 0 saturated heterocycles. The molecule has 3 aromatic rings. The summed E-state index contributed by atoms with van der Waals surface area (Å²) in [5.74, 6) is 9.18. The highest BCUT2D eigenvalue weighted by atomic mass is 16.2. The molecule has 13 heteroatoms. The molecule has 2 amide bonds. The van der Waals surface area contributed by atoms with Crippen LogP contribution in [-0.4, -0.2) is 41.2 Å². The molecule has 0 fully saturated rings. The Morgan fingerprint density at radius 3 is 2.31 bits per heavy atom. The van der Waals surface area contributed by atoms with Crippen LogP contribution in [0.15, 0.2) is 29.1 Å². The number of amides is 2. The lowest BCUT2D eigenvalue weighted by Gasteiger charge is -2.07. The number of carbonyl (C=O) groups is 2. The zero-order valence-corrected chi connectivity index (χ0v) is 15.8. The number of benzene rings is 1. The highest BCUT2D eigenvalue weighted by Gasteiger charge is 2.25. The number of nitrogens with one attached hydrogen (secondary N) is 2. The summed E-state index contributed by atoms with van der Waals surface area (Å²) in [7, 11) is 0. The molecule has 13 nitrogen and oxygen atoms in total. The van der Waals surface area contributed by atoms with Crippen LogP contribution in [0.3, 0.4) is 0 Å². The number of hydrazine groups is 2. The first-order valence-electron chi connectivity index (χ1n) is 8.56. The molecule has 0 bridgehead atoms. The van der Waals surface area contributed by atoms with Gasteiger partial charge in [-0.3, -0.25) is 25.0 Å². The van der Waals surface area contributed by atoms with Gasteiger partial charge in [0, 0.05) is 6.54 Å². The number of hydrogen-bond acceptors (Lipinski definition) is 8. The minimum absolute atomic E-state index is 0.0634. The standard InChI is InChI=1S/C16H20N10O3/c1-9-3-5-11(6-4-9)26-16(29)24(10(2)22-26)7-8-25-13(15(28)20-18)12(21-23-25)14(27)19-17/h3-6H,7-8,17-18H2,1-2H3,(H,19,27)(H,20,28). The smallest absolute Gasteiger partial charge is 0.289 e. The van der Waals surface area contributed by atoms with Crippen LogP contribution in [-0.2, 0) is 13.1 Å². The summed E-state index contributed by atoms with van der Waals surface area (Å²) in [6.07, 6.45) is 0. The summed E-state index contributed by atoms with van der Waals surface area (Å²) in [6.45, 7) is 3.83. The van der Waals surface area contributed by atoms with Crippen LogP contribution in [0.4, 0.5) is 0 Å². The van der Waals surface area contributed by atoms with Gasteiger partial charge in [-0.05, 0) is 26.0 Å². The van der Waals surface area contributed by atoms with Gasteiger partial charge in [-0.25, -0.2) is 21.2 Å². The van der Waals surface area contributed by atoms with E-state index in [1.807, 2.05) is 29.9 Å². The minimum atomic E-state index is -0.796. The van der Waals surface area contributed by atoms with E-state index in [2.05, 4.69) is 15.4 Å². The van der Waals surface area contributed by atoms with Gasteiger partial charge in [0.15, 0.2) is 11.4 Å². The molecule has 0 aliphatic carbocycles. The lowest BCUT2D eigenvalue weighted by Crippen LogP contribution is -2.36. The molecule has 29 heavy (non-hydrogen) atoms. The number of nitrogen functional groups attached to an aromatic ring is 2. The summed E-state index contributed by atoms with van der Waals surface area (Å²) < 4.78 is 3.88. The third-order valence-corrected chi connectivity index (χ3v) is 4.29. The number of carbonyl (C=O) groups excluding carboxylic acids is 2. The quantitative estimate of drug-likeness (QED) is 0.211. The summed E-state index contributed by atoms with van der Waals surface area (Å²) in [6, 6.07) is 7.36. The van der Waals surface area contributed by atoms with Crippen LogP contribution >= 0.6 is 0 Å². The van der Waals surface area contributed by atoms with Crippen molar-refractivity contribution in [3.63, 3.8) is 0 Å². The lowest BCUT2D eigenvalue weighted by molar-refractivity contribution is 0.0910. The average molecular weight is 400 g/mol. The van der Waals surface area contributed by atoms with Gasteiger partial charge >= 0.3 is 5.69 Å². The van der Waals surface area contributed by atoms with Crippen molar-refractivity contribution < 1.29 is 9.59 Å². The number of nitrogens with zero attached hydrogens (tertiary/aromatic N) is 6. The van der Waals surface area contributed by atoms with E-state index in [1.165, 1.54) is 13.9 Å². The van der Waals surface area contributed by atoms with Crippen LogP contribution in [0.25, 0.3) is 5.69 Å². The van der Waals surface area contributed by atoms with Crippen molar-refractivity contribution in [2.45, 2.75) is 26.9 Å². The molecule has 0 saturated carbocycles. The minimum Gasteiger partial charge on any atom is -0.289 e. The second kappa shape index (κ2) is 8.04. The van der Waals surface area contributed by atoms with Gasteiger partial charge in [0.05, 0.1) is 12.2 Å². The summed E-state index contributed by atoms with van der Waals surface area (Å²) in [4.78, 5) is 36.6. The monoisotopic (exact) mass is 400 g/mol. The Hall–Kier alpha value is -3.84. The van der Waals surface area contributed by atoms with E-state index >= 15 is 0 Å². The molecular weight excluding hydrogens is 380 g/mol. The lowest BCUT2D eigenvalue weighted by atomic mass is 10.2. The molecule has 0 aliphatic heterocycles. The van der Waals surface area contributed by atoms with E-state index in [0.29, 0.717) is 11.5 Å². The van der Waals surface area contributed by atoms with Gasteiger partial charge in [0.1, 0.15) is 5.82 Å². The van der Waals surface area contributed by atoms with E-state index in [4.69, 9.17) is 11.7 Å². The van der Waals surface area contributed by atoms with Crippen molar-refractivity contribution in [1.29, 1.82) is 0 Å². The van der Waals surface area contributed by atoms with Gasteiger partial charge in [-0.2, -0.15) is 9.78 Å². The SMILES string of the molecule is Cc1ccc(-n2nc(C)n(CCn3nnc(C(=O)NN)c3C(=O)NN)c2=O)cc1. The average Bonchev–Trinajstić information content (AvgIpc) is 3.27. The van der Waals surface area contributed by atoms with E-state index in [-0.39, 0.29) is 30.2 Å². The normalized spacial score (nSPS) is 10.8. The first-order valence-corrected chi connectivity index (χ1v) is 8.56. The fraction of sp³-hybridized carbons (Fsp3) is 0.250. The van der Waals surface area contributed by atoms with Gasteiger partial charge < -0.3 is 0 Å². The number of nitrogens with two attached hydrogens (primary N) is 2. The maximum absolute atomic E-state index is 12.8. The molecule has 2 aromatic heterocycles. The zero-order valence-electron chi connectivity index (χ0n) is 15.8. The Kier molecular flexibility index (Phi) is 5.52. The summed E-state index contributed by atoms with van der Waals surface area (Å²) in [5, 5.41) is 11.7. The van der Waals surface area contributed by atoms with E-state index in [9.17, 15) is 14.4 Å². The summed E-state index contributed by atoms with van der Waals surface area (Å²) >= 11 is 0. The first-order chi connectivity index (χ1) is 13.9. The van der Waals surface area contributed by atoms with E-state index in [0.717, 1.165) is 5.56 Å². The Morgan fingerprint density at radius 2 is 1.69 bits per heavy atom. The van der Waals surface area contributed by atoms with Crippen LogP contribution in [0.1, 0.15) is 32.4 Å². The predicted octanol–water partition coefficient (Wildman–Crippen LogP) is -1.85. The molecule has 3 rings (SSSR count).